The molecular formula is C21H25N3O2. The van der Waals surface area contributed by atoms with E-state index in [4.69, 9.17) is 4.74 Å². The van der Waals surface area contributed by atoms with Crippen LogP contribution in [0.5, 0.6) is 5.75 Å². The van der Waals surface area contributed by atoms with Crippen molar-refractivity contribution in [2.75, 3.05) is 13.2 Å². The molecule has 2 aliphatic rings. The van der Waals surface area contributed by atoms with Gasteiger partial charge in [-0.15, -0.1) is 0 Å². The summed E-state index contributed by atoms with van der Waals surface area (Å²) in [7, 11) is 0. The Kier molecular flexibility index (Phi) is 5.25. The molecule has 0 aromatic carbocycles. The first-order valence-electron chi connectivity index (χ1n) is 9.54. The molecule has 4 rings (SSSR count). The number of ether oxygens (including phenoxy) is 1. The summed E-state index contributed by atoms with van der Waals surface area (Å²) < 4.78 is 5.85. The lowest BCUT2D eigenvalue weighted by molar-refractivity contribution is 0.0978. The number of carbonyl (C=O) groups excluding carboxylic acids is 1. The Labute approximate surface area is 154 Å². The van der Waals surface area contributed by atoms with E-state index in [1.807, 2.05) is 6.20 Å². The van der Waals surface area contributed by atoms with Crippen LogP contribution >= 0.6 is 0 Å². The molecule has 1 aliphatic carbocycles. The van der Waals surface area contributed by atoms with E-state index in [1.54, 1.807) is 30.7 Å². The SMILES string of the molecule is O=C(CCC[C@H]1C[C@@H]1c1cncc(OC[C@@H]2CCN2)c1)c1ccncc1. The molecule has 3 heterocycles. The largest absolute Gasteiger partial charge is 0.490 e. The number of ketones is 1. The maximum atomic E-state index is 12.1. The Hall–Kier alpha value is -2.27. The van der Waals surface area contributed by atoms with Crippen LogP contribution in [0, 0.1) is 5.92 Å². The van der Waals surface area contributed by atoms with Gasteiger partial charge in [0.25, 0.3) is 0 Å². The van der Waals surface area contributed by atoms with Crippen LogP contribution in [0.4, 0.5) is 0 Å². The summed E-state index contributed by atoms with van der Waals surface area (Å²) in [6.07, 6.45) is 12.1. The number of hydrogen-bond donors (Lipinski definition) is 1. The number of rotatable bonds is 9. The van der Waals surface area contributed by atoms with Gasteiger partial charge in [-0.2, -0.15) is 0 Å². The summed E-state index contributed by atoms with van der Waals surface area (Å²) in [5.41, 5.74) is 2.04. The summed E-state index contributed by atoms with van der Waals surface area (Å²) in [5, 5.41) is 3.34. The lowest BCUT2D eigenvalue weighted by Crippen LogP contribution is -2.46. The lowest BCUT2D eigenvalue weighted by Gasteiger charge is -2.27. The van der Waals surface area contributed by atoms with Crippen LogP contribution in [-0.4, -0.2) is 34.9 Å². The molecule has 0 amide bonds. The van der Waals surface area contributed by atoms with E-state index in [2.05, 4.69) is 21.4 Å². The first kappa shape index (κ1) is 17.2. The van der Waals surface area contributed by atoms with E-state index in [0.29, 0.717) is 24.3 Å². The number of nitrogens with zero attached hydrogens (tertiary/aromatic N) is 2. The Morgan fingerprint density at radius 1 is 1.23 bits per heavy atom. The van der Waals surface area contributed by atoms with Crippen LogP contribution in [0.15, 0.2) is 43.0 Å². The van der Waals surface area contributed by atoms with Gasteiger partial charge in [0.1, 0.15) is 12.4 Å². The van der Waals surface area contributed by atoms with Gasteiger partial charge in [-0.1, -0.05) is 0 Å². The zero-order valence-corrected chi connectivity index (χ0v) is 14.9. The van der Waals surface area contributed by atoms with Crippen molar-refractivity contribution in [1.29, 1.82) is 0 Å². The molecule has 0 bridgehead atoms. The maximum Gasteiger partial charge on any atom is 0.162 e. The fourth-order valence-electron chi connectivity index (χ4n) is 3.59. The monoisotopic (exact) mass is 351 g/mol. The first-order valence-corrected chi connectivity index (χ1v) is 9.54. The molecule has 3 atom stereocenters. The summed E-state index contributed by atoms with van der Waals surface area (Å²) in [5.74, 6) is 2.33. The highest BCUT2D eigenvalue weighted by Crippen LogP contribution is 2.50. The number of aromatic nitrogens is 2. The van der Waals surface area contributed by atoms with Crippen LogP contribution < -0.4 is 10.1 Å². The van der Waals surface area contributed by atoms with Gasteiger partial charge in [-0.05, 0) is 67.8 Å². The van der Waals surface area contributed by atoms with Gasteiger partial charge < -0.3 is 10.1 Å². The third-order valence-electron chi connectivity index (χ3n) is 5.44. The van der Waals surface area contributed by atoms with E-state index in [9.17, 15) is 4.79 Å². The summed E-state index contributed by atoms with van der Waals surface area (Å²) in [6.45, 7) is 1.82. The zero-order chi connectivity index (χ0) is 17.8. The predicted molar refractivity (Wildman–Crippen MR) is 99.4 cm³/mol. The maximum absolute atomic E-state index is 12.1. The second kappa shape index (κ2) is 7.96. The van der Waals surface area contributed by atoms with Crippen molar-refractivity contribution in [3.8, 4) is 5.75 Å². The van der Waals surface area contributed by atoms with Gasteiger partial charge in [-0.25, -0.2) is 0 Å². The van der Waals surface area contributed by atoms with Gasteiger partial charge in [0.2, 0.25) is 0 Å². The Morgan fingerprint density at radius 2 is 2.08 bits per heavy atom. The fraction of sp³-hybridized carbons (Fsp3) is 0.476. The normalized spacial score (nSPS) is 23.9. The van der Waals surface area contributed by atoms with E-state index in [0.717, 1.165) is 37.3 Å². The van der Waals surface area contributed by atoms with Crippen LogP contribution in [-0.2, 0) is 0 Å². The third-order valence-corrected chi connectivity index (χ3v) is 5.44. The average Bonchev–Trinajstić information content (AvgIpc) is 3.41. The molecule has 5 heteroatoms. The Balaban J connectivity index is 1.21. The lowest BCUT2D eigenvalue weighted by atomic mass is 10.0. The highest BCUT2D eigenvalue weighted by Gasteiger charge is 2.38. The quantitative estimate of drug-likeness (QED) is 0.702. The number of Topliss-reactive ketones (excluding diaryl/α,β-unsaturated/α-hetero) is 1. The molecule has 1 saturated heterocycles. The van der Waals surface area contributed by atoms with Crippen LogP contribution in [0.3, 0.4) is 0 Å². The minimum absolute atomic E-state index is 0.214. The average molecular weight is 351 g/mol. The van der Waals surface area contributed by atoms with Gasteiger partial charge >= 0.3 is 0 Å². The molecule has 2 fully saturated rings. The topological polar surface area (TPSA) is 64.1 Å². The minimum atomic E-state index is 0.214. The highest BCUT2D eigenvalue weighted by atomic mass is 16.5. The molecule has 0 unspecified atom stereocenters. The van der Waals surface area contributed by atoms with Gasteiger partial charge in [0.05, 0.1) is 6.20 Å². The van der Waals surface area contributed by atoms with Crippen molar-refractivity contribution < 1.29 is 9.53 Å². The molecule has 1 N–H and O–H groups in total. The molecule has 5 nitrogen and oxygen atoms in total. The molecule has 2 aromatic heterocycles. The van der Waals surface area contributed by atoms with Crippen molar-refractivity contribution in [3.05, 3.63) is 54.1 Å². The summed E-state index contributed by atoms with van der Waals surface area (Å²) >= 11 is 0. The van der Waals surface area contributed by atoms with Crippen molar-refractivity contribution in [2.24, 2.45) is 5.92 Å². The molecular weight excluding hydrogens is 326 g/mol. The van der Waals surface area contributed by atoms with Gasteiger partial charge in [0.15, 0.2) is 5.78 Å². The zero-order valence-electron chi connectivity index (χ0n) is 14.9. The van der Waals surface area contributed by atoms with Crippen LogP contribution in [0.2, 0.25) is 0 Å². The molecule has 0 spiro atoms. The summed E-state index contributed by atoms with van der Waals surface area (Å²) in [4.78, 5) is 20.4. The van der Waals surface area contributed by atoms with Crippen molar-refractivity contribution >= 4 is 5.78 Å². The highest BCUT2D eigenvalue weighted by molar-refractivity contribution is 5.95. The smallest absolute Gasteiger partial charge is 0.162 e. The Bertz CT molecular complexity index is 746. The molecule has 1 saturated carbocycles. The fourth-order valence-corrected chi connectivity index (χ4v) is 3.59. The third kappa shape index (κ3) is 4.28. The van der Waals surface area contributed by atoms with E-state index in [-0.39, 0.29) is 5.78 Å². The molecule has 26 heavy (non-hydrogen) atoms. The second-order valence-corrected chi connectivity index (χ2v) is 7.36. The number of pyridine rings is 2. The van der Waals surface area contributed by atoms with E-state index >= 15 is 0 Å². The number of nitrogens with one attached hydrogen (secondary N) is 1. The second-order valence-electron chi connectivity index (χ2n) is 7.36. The molecule has 136 valence electrons. The van der Waals surface area contributed by atoms with E-state index < -0.39 is 0 Å². The number of carbonyl (C=O) groups is 1. The predicted octanol–water partition coefficient (Wildman–Crippen LogP) is 3.37. The van der Waals surface area contributed by atoms with Crippen LogP contribution in [0.25, 0.3) is 0 Å². The Morgan fingerprint density at radius 3 is 2.85 bits per heavy atom. The van der Waals surface area contributed by atoms with Crippen molar-refractivity contribution in [3.63, 3.8) is 0 Å². The first-order chi connectivity index (χ1) is 12.8. The van der Waals surface area contributed by atoms with Crippen LogP contribution in [0.1, 0.15) is 53.9 Å². The van der Waals surface area contributed by atoms with Crippen molar-refractivity contribution in [1.82, 2.24) is 15.3 Å². The van der Waals surface area contributed by atoms with E-state index in [1.165, 1.54) is 18.4 Å². The summed E-state index contributed by atoms with van der Waals surface area (Å²) in [6, 6.07) is 6.21. The molecule has 2 aromatic rings. The molecule has 1 aliphatic heterocycles. The number of hydrogen-bond acceptors (Lipinski definition) is 5. The minimum Gasteiger partial charge on any atom is -0.490 e. The standard InChI is InChI=1S/C21H25N3O2/c25-21(15-4-7-22-8-5-15)3-1-2-16-11-20(16)17-10-19(13-23-12-17)26-14-18-6-9-24-18/h4-5,7-8,10,12-13,16,18,20,24H,1-3,6,9,11,14H2/t16-,18-,20-/m0/s1. The van der Waals surface area contributed by atoms with Gasteiger partial charge in [-0.3, -0.25) is 14.8 Å². The molecule has 0 radical (unpaired) electrons. The van der Waals surface area contributed by atoms with Crippen molar-refractivity contribution in [2.45, 2.75) is 44.1 Å². The van der Waals surface area contributed by atoms with Gasteiger partial charge in [0, 0.05) is 36.6 Å².